The summed E-state index contributed by atoms with van der Waals surface area (Å²) < 4.78 is 33.1. The summed E-state index contributed by atoms with van der Waals surface area (Å²) >= 11 is 5.98. The number of hydrogen-bond acceptors (Lipinski definition) is 3. The molecule has 0 spiro atoms. The molecule has 3 rings (SSSR count). The molecule has 0 saturated carbocycles. The molecular weight excluding hydrogens is 334 g/mol. The summed E-state index contributed by atoms with van der Waals surface area (Å²) in [6.45, 7) is 2.80. The Balaban J connectivity index is 1.90. The third kappa shape index (κ3) is 3.43. The lowest BCUT2D eigenvalue weighted by molar-refractivity contribution is -0.00256. The van der Waals surface area contributed by atoms with E-state index in [1.165, 1.54) is 10.4 Å². The second kappa shape index (κ2) is 6.61. The molecule has 1 heterocycles. The van der Waals surface area contributed by atoms with E-state index in [4.69, 9.17) is 16.3 Å². The van der Waals surface area contributed by atoms with Crippen molar-refractivity contribution in [2.45, 2.75) is 17.9 Å². The summed E-state index contributed by atoms with van der Waals surface area (Å²) in [5.41, 5.74) is 1.67. The van der Waals surface area contributed by atoms with Crippen LogP contribution < -0.4 is 0 Å². The molecule has 4 nitrogen and oxygen atoms in total. The smallest absolute Gasteiger partial charge is 0.243 e. The van der Waals surface area contributed by atoms with Crippen LogP contribution >= 0.6 is 11.6 Å². The third-order valence-electron chi connectivity index (χ3n) is 3.97. The maximum Gasteiger partial charge on any atom is 0.243 e. The molecule has 6 heteroatoms. The highest BCUT2D eigenvalue weighted by Crippen LogP contribution is 2.28. The molecule has 1 fully saturated rings. The Labute approximate surface area is 141 Å². The van der Waals surface area contributed by atoms with Gasteiger partial charge in [0.2, 0.25) is 10.0 Å². The Bertz CT molecular complexity index is 793. The van der Waals surface area contributed by atoms with E-state index in [0.717, 1.165) is 5.56 Å². The summed E-state index contributed by atoms with van der Waals surface area (Å²) in [6, 6.07) is 14.6. The van der Waals surface area contributed by atoms with Gasteiger partial charge in [-0.2, -0.15) is 4.31 Å². The summed E-state index contributed by atoms with van der Waals surface area (Å²) in [4.78, 5) is 0.263. The van der Waals surface area contributed by atoms with Crippen molar-refractivity contribution in [2.75, 3.05) is 19.7 Å². The number of nitrogens with zero attached hydrogens (tertiary/aromatic N) is 1. The van der Waals surface area contributed by atoms with E-state index in [-0.39, 0.29) is 11.0 Å². The van der Waals surface area contributed by atoms with Gasteiger partial charge in [-0.25, -0.2) is 8.42 Å². The molecule has 0 bridgehead atoms. The van der Waals surface area contributed by atoms with Crippen molar-refractivity contribution in [1.29, 1.82) is 0 Å². The molecule has 0 amide bonds. The number of sulfonamides is 1. The SMILES string of the molecule is Cc1ccc(Cl)cc1S(=O)(=O)N1CCO[C@H](c2ccccc2)C1. The highest BCUT2D eigenvalue weighted by atomic mass is 35.5. The van der Waals surface area contributed by atoms with Gasteiger partial charge in [-0.1, -0.05) is 48.0 Å². The van der Waals surface area contributed by atoms with E-state index < -0.39 is 10.0 Å². The maximum absolute atomic E-state index is 12.9. The van der Waals surface area contributed by atoms with E-state index in [2.05, 4.69) is 0 Å². The molecule has 2 aromatic carbocycles. The minimum Gasteiger partial charge on any atom is -0.371 e. The average Bonchev–Trinajstić information content (AvgIpc) is 2.58. The quantitative estimate of drug-likeness (QED) is 0.851. The standard InChI is InChI=1S/C17H18ClNO3S/c1-13-7-8-15(18)11-17(13)23(20,21)19-9-10-22-16(12-19)14-5-3-2-4-6-14/h2-8,11,16H,9-10,12H2,1H3/t16-/m0/s1. The zero-order valence-electron chi connectivity index (χ0n) is 12.8. The van der Waals surface area contributed by atoms with Crippen LogP contribution in [0.15, 0.2) is 53.4 Å². The van der Waals surface area contributed by atoms with Crippen LogP contribution in [0.25, 0.3) is 0 Å². The summed E-state index contributed by atoms with van der Waals surface area (Å²) in [7, 11) is -3.59. The monoisotopic (exact) mass is 351 g/mol. The predicted octanol–water partition coefficient (Wildman–Crippen LogP) is 3.41. The fraction of sp³-hybridized carbons (Fsp3) is 0.294. The molecule has 0 unspecified atom stereocenters. The average molecular weight is 352 g/mol. The van der Waals surface area contributed by atoms with Gasteiger partial charge in [-0.15, -0.1) is 0 Å². The number of benzene rings is 2. The molecule has 0 aromatic heterocycles. The number of halogens is 1. The van der Waals surface area contributed by atoms with Gasteiger partial charge in [0.25, 0.3) is 0 Å². The highest BCUT2D eigenvalue weighted by molar-refractivity contribution is 7.89. The molecule has 23 heavy (non-hydrogen) atoms. The lowest BCUT2D eigenvalue weighted by Crippen LogP contribution is -2.42. The van der Waals surface area contributed by atoms with Gasteiger partial charge < -0.3 is 4.74 Å². The van der Waals surface area contributed by atoms with E-state index in [1.807, 2.05) is 30.3 Å². The van der Waals surface area contributed by atoms with Crippen LogP contribution in [0.4, 0.5) is 0 Å². The van der Waals surface area contributed by atoms with E-state index in [0.29, 0.717) is 30.3 Å². The minimum absolute atomic E-state index is 0.251. The van der Waals surface area contributed by atoms with Gasteiger partial charge in [-0.3, -0.25) is 0 Å². The number of morpholine rings is 1. The van der Waals surface area contributed by atoms with Crippen molar-refractivity contribution in [3.05, 3.63) is 64.7 Å². The molecule has 2 aromatic rings. The Morgan fingerprint density at radius 2 is 1.91 bits per heavy atom. The molecule has 1 aliphatic rings. The van der Waals surface area contributed by atoms with Crippen LogP contribution in [-0.4, -0.2) is 32.4 Å². The molecule has 0 N–H and O–H groups in total. The first-order valence-electron chi connectivity index (χ1n) is 7.41. The Kier molecular flexibility index (Phi) is 4.73. The van der Waals surface area contributed by atoms with Gasteiger partial charge in [0, 0.05) is 18.1 Å². The van der Waals surface area contributed by atoms with Crippen molar-refractivity contribution >= 4 is 21.6 Å². The summed E-state index contributed by atoms with van der Waals surface area (Å²) in [6.07, 6.45) is -0.251. The van der Waals surface area contributed by atoms with Gasteiger partial charge in [0.1, 0.15) is 0 Å². The van der Waals surface area contributed by atoms with Crippen molar-refractivity contribution in [3.63, 3.8) is 0 Å². The molecule has 0 radical (unpaired) electrons. The van der Waals surface area contributed by atoms with Crippen molar-refractivity contribution in [1.82, 2.24) is 4.31 Å². The van der Waals surface area contributed by atoms with Crippen LogP contribution in [0, 0.1) is 6.92 Å². The molecule has 1 saturated heterocycles. The highest BCUT2D eigenvalue weighted by Gasteiger charge is 2.32. The molecule has 0 aliphatic carbocycles. The fourth-order valence-corrected chi connectivity index (χ4v) is 4.62. The normalized spacial score (nSPS) is 19.7. The van der Waals surface area contributed by atoms with Crippen molar-refractivity contribution in [3.8, 4) is 0 Å². The number of ether oxygens (including phenoxy) is 1. The van der Waals surface area contributed by atoms with Gasteiger partial charge in [-0.05, 0) is 30.2 Å². The lowest BCUT2D eigenvalue weighted by Gasteiger charge is -2.32. The number of aryl methyl sites for hydroxylation is 1. The van der Waals surface area contributed by atoms with Gasteiger partial charge in [0.05, 0.1) is 17.6 Å². The van der Waals surface area contributed by atoms with Gasteiger partial charge in [0.15, 0.2) is 0 Å². The van der Waals surface area contributed by atoms with Crippen LogP contribution in [-0.2, 0) is 14.8 Å². The van der Waals surface area contributed by atoms with E-state index >= 15 is 0 Å². The summed E-state index contributed by atoms with van der Waals surface area (Å²) in [5, 5.41) is 0.419. The lowest BCUT2D eigenvalue weighted by atomic mass is 10.1. The molecule has 1 aliphatic heterocycles. The first-order chi connectivity index (χ1) is 11.0. The Morgan fingerprint density at radius 1 is 1.17 bits per heavy atom. The van der Waals surface area contributed by atoms with E-state index in [1.54, 1.807) is 19.1 Å². The van der Waals surface area contributed by atoms with Crippen LogP contribution in [0.3, 0.4) is 0 Å². The zero-order chi connectivity index (χ0) is 16.4. The minimum atomic E-state index is -3.59. The molecular formula is C17H18ClNO3S. The molecule has 1 atom stereocenters. The van der Waals surface area contributed by atoms with Crippen LogP contribution in [0.1, 0.15) is 17.2 Å². The first-order valence-corrected chi connectivity index (χ1v) is 9.23. The number of hydrogen-bond donors (Lipinski definition) is 0. The van der Waals surface area contributed by atoms with Crippen molar-refractivity contribution < 1.29 is 13.2 Å². The zero-order valence-corrected chi connectivity index (χ0v) is 14.3. The predicted molar refractivity (Wildman–Crippen MR) is 90.1 cm³/mol. The third-order valence-corrected chi connectivity index (χ3v) is 6.21. The van der Waals surface area contributed by atoms with E-state index in [9.17, 15) is 8.42 Å². The summed E-state index contributed by atoms with van der Waals surface area (Å²) in [5.74, 6) is 0. The second-order valence-corrected chi connectivity index (χ2v) is 7.89. The largest absolute Gasteiger partial charge is 0.371 e. The molecule has 122 valence electrons. The Morgan fingerprint density at radius 3 is 2.65 bits per heavy atom. The topological polar surface area (TPSA) is 46.6 Å². The maximum atomic E-state index is 12.9. The fourth-order valence-electron chi connectivity index (χ4n) is 2.70. The van der Waals surface area contributed by atoms with Crippen LogP contribution in [0.2, 0.25) is 5.02 Å². The second-order valence-electron chi connectivity index (χ2n) is 5.54. The van der Waals surface area contributed by atoms with Crippen molar-refractivity contribution in [2.24, 2.45) is 0 Å². The Hall–Kier alpha value is -1.40. The first kappa shape index (κ1) is 16.5. The van der Waals surface area contributed by atoms with Crippen LogP contribution in [0.5, 0.6) is 0 Å². The van der Waals surface area contributed by atoms with Gasteiger partial charge >= 0.3 is 0 Å². The number of rotatable bonds is 3.